The van der Waals surface area contributed by atoms with E-state index in [2.05, 4.69) is 15.3 Å². The summed E-state index contributed by atoms with van der Waals surface area (Å²) < 4.78 is 34.5. The zero-order valence-corrected chi connectivity index (χ0v) is 21.5. The van der Waals surface area contributed by atoms with E-state index >= 15 is 0 Å². The van der Waals surface area contributed by atoms with Crippen LogP contribution in [0.15, 0.2) is 6.20 Å². The van der Waals surface area contributed by atoms with E-state index in [1.807, 2.05) is 47.9 Å². The minimum absolute atomic E-state index is 0.0515. The van der Waals surface area contributed by atoms with Crippen LogP contribution < -0.4 is 10.2 Å². The number of nitrogens with one attached hydrogen (secondary N) is 1. The fourth-order valence-electron chi connectivity index (χ4n) is 5.12. The van der Waals surface area contributed by atoms with Gasteiger partial charge in [-0.2, -0.15) is 10.1 Å². The third-order valence-corrected chi connectivity index (χ3v) is 6.89. The van der Waals surface area contributed by atoms with Crippen molar-refractivity contribution >= 4 is 17.7 Å². The first-order valence-corrected chi connectivity index (χ1v) is 12.4. The third kappa shape index (κ3) is 5.65. The van der Waals surface area contributed by atoms with E-state index in [1.54, 1.807) is 9.42 Å². The van der Waals surface area contributed by atoms with Crippen LogP contribution in [0.3, 0.4) is 0 Å². The van der Waals surface area contributed by atoms with Crippen LogP contribution in [0.1, 0.15) is 70.8 Å². The maximum atomic E-state index is 13.7. The number of piperazine rings is 1. The highest BCUT2D eigenvalue weighted by molar-refractivity contribution is 5.69. The molecule has 9 nitrogen and oxygen atoms in total. The predicted octanol–water partition coefficient (Wildman–Crippen LogP) is 3.96. The standard InChI is InChI=1S/C24H37F2N7O2/c1-15-13-31(11-12-32(15)22(34)35-23(3,4)5)20-16(2)30-33-14-18(28-21(33)29-20)19(27-6)17-7-9-24(25,26)10-8-17/h14-15,17,19,27H,7-13H2,1-6H3. The zero-order valence-electron chi connectivity index (χ0n) is 21.5. The average Bonchev–Trinajstić information content (AvgIpc) is 3.15. The molecule has 0 bridgehead atoms. The number of carbonyl (C=O) groups is 1. The Morgan fingerprint density at radius 3 is 2.51 bits per heavy atom. The van der Waals surface area contributed by atoms with Gasteiger partial charge in [-0.3, -0.25) is 0 Å². The van der Waals surface area contributed by atoms with Crippen molar-refractivity contribution in [3.8, 4) is 0 Å². The molecular formula is C24H37F2N7O2. The van der Waals surface area contributed by atoms with E-state index in [0.717, 1.165) is 17.2 Å². The Balaban J connectivity index is 1.50. The Kier molecular flexibility index (Phi) is 6.91. The van der Waals surface area contributed by atoms with E-state index in [-0.39, 0.29) is 36.9 Å². The van der Waals surface area contributed by atoms with Crippen molar-refractivity contribution in [2.24, 2.45) is 5.92 Å². The van der Waals surface area contributed by atoms with Crippen molar-refractivity contribution in [2.45, 2.75) is 83.9 Å². The molecule has 1 aliphatic heterocycles. The number of ether oxygens (including phenoxy) is 1. The first-order valence-electron chi connectivity index (χ1n) is 12.4. The van der Waals surface area contributed by atoms with Crippen LogP contribution in [-0.4, -0.2) is 74.8 Å². The number of halogens is 2. The van der Waals surface area contributed by atoms with E-state index in [1.165, 1.54) is 0 Å². The minimum Gasteiger partial charge on any atom is -0.444 e. The lowest BCUT2D eigenvalue weighted by Gasteiger charge is -2.40. The average molecular weight is 494 g/mol. The number of hydrogen-bond donors (Lipinski definition) is 1. The fraction of sp³-hybridized carbons (Fsp3) is 0.750. The van der Waals surface area contributed by atoms with Gasteiger partial charge < -0.3 is 19.9 Å². The number of anilines is 1. The number of aryl methyl sites for hydroxylation is 1. The van der Waals surface area contributed by atoms with Gasteiger partial charge in [0.05, 0.1) is 17.9 Å². The molecule has 2 aromatic rings. The first-order chi connectivity index (χ1) is 16.4. The van der Waals surface area contributed by atoms with E-state index < -0.39 is 11.5 Å². The Bertz CT molecular complexity index is 1060. The summed E-state index contributed by atoms with van der Waals surface area (Å²) in [4.78, 5) is 26.0. The third-order valence-electron chi connectivity index (χ3n) is 6.89. The minimum atomic E-state index is -2.56. The van der Waals surface area contributed by atoms with Crippen molar-refractivity contribution in [1.29, 1.82) is 0 Å². The number of hydrogen-bond acceptors (Lipinski definition) is 7. The molecule has 1 saturated heterocycles. The lowest BCUT2D eigenvalue weighted by Crippen LogP contribution is -2.55. The summed E-state index contributed by atoms with van der Waals surface area (Å²) in [5.74, 6) is -1.26. The highest BCUT2D eigenvalue weighted by Gasteiger charge is 2.38. The van der Waals surface area contributed by atoms with Gasteiger partial charge in [-0.1, -0.05) is 0 Å². The number of fused-ring (bicyclic) bond motifs is 1. The van der Waals surface area contributed by atoms with Crippen molar-refractivity contribution < 1.29 is 18.3 Å². The topological polar surface area (TPSA) is 87.9 Å². The van der Waals surface area contributed by atoms with E-state index in [9.17, 15) is 13.6 Å². The molecule has 1 aliphatic carbocycles. The normalized spacial score (nSPS) is 22.5. The molecular weight excluding hydrogens is 456 g/mol. The lowest BCUT2D eigenvalue weighted by atomic mass is 9.81. The summed E-state index contributed by atoms with van der Waals surface area (Å²) in [7, 11) is 1.84. The fourth-order valence-corrected chi connectivity index (χ4v) is 5.12. The van der Waals surface area contributed by atoms with Crippen LogP contribution in [0.25, 0.3) is 5.78 Å². The SMILES string of the molecule is CNC(c1cn2nc(C)c(N3CCN(C(=O)OC(C)(C)C)C(C)C3)nc2n1)C1CCC(F)(F)CC1. The molecule has 0 aromatic carbocycles. The summed E-state index contributed by atoms with van der Waals surface area (Å²) >= 11 is 0. The van der Waals surface area contributed by atoms with Gasteiger partial charge in [0.25, 0.3) is 5.78 Å². The second-order valence-electron chi connectivity index (χ2n) is 10.9. The largest absolute Gasteiger partial charge is 0.444 e. The number of carbonyl (C=O) groups excluding carboxylic acids is 1. The number of rotatable bonds is 4. The molecule has 194 valence electrons. The molecule has 2 unspecified atom stereocenters. The molecule has 2 fully saturated rings. The second-order valence-corrected chi connectivity index (χ2v) is 10.9. The Labute approximate surface area is 205 Å². The predicted molar refractivity (Wildman–Crippen MR) is 129 cm³/mol. The van der Waals surface area contributed by atoms with Gasteiger partial charge in [-0.05, 0) is 60.4 Å². The number of imidazole rings is 1. The van der Waals surface area contributed by atoms with Crippen LogP contribution in [0, 0.1) is 12.8 Å². The van der Waals surface area contributed by atoms with Gasteiger partial charge >= 0.3 is 6.09 Å². The molecule has 0 spiro atoms. The molecule has 1 saturated carbocycles. The monoisotopic (exact) mass is 493 g/mol. The molecule has 3 heterocycles. The smallest absolute Gasteiger partial charge is 0.410 e. The summed E-state index contributed by atoms with van der Waals surface area (Å²) in [5, 5.41) is 7.95. The number of nitrogens with zero attached hydrogens (tertiary/aromatic N) is 6. The molecule has 2 aliphatic rings. The summed E-state index contributed by atoms with van der Waals surface area (Å²) in [6, 6.07) is -0.180. The molecule has 0 radical (unpaired) electrons. The molecule has 35 heavy (non-hydrogen) atoms. The quantitative estimate of drug-likeness (QED) is 0.690. The van der Waals surface area contributed by atoms with Crippen LogP contribution >= 0.6 is 0 Å². The maximum Gasteiger partial charge on any atom is 0.410 e. The highest BCUT2D eigenvalue weighted by atomic mass is 19.3. The van der Waals surface area contributed by atoms with Crippen molar-refractivity contribution in [1.82, 2.24) is 29.8 Å². The molecule has 2 aromatic heterocycles. The van der Waals surface area contributed by atoms with Gasteiger partial charge in [0.15, 0.2) is 5.82 Å². The summed E-state index contributed by atoms with van der Waals surface area (Å²) in [5.41, 5.74) is 0.989. The Hall–Kier alpha value is -2.56. The summed E-state index contributed by atoms with van der Waals surface area (Å²) in [6.07, 6.45) is 2.27. The molecule has 11 heteroatoms. The first kappa shape index (κ1) is 25.5. The van der Waals surface area contributed by atoms with Crippen LogP contribution in [-0.2, 0) is 4.74 Å². The molecule has 1 N–H and O–H groups in total. The molecule has 2 atom stereocenters. The zero-order chi connectivity index (χ0) is 25.5. The van der Waals surface area contributed by atoms with E-state index in [4.69, 9.17) is 14.7 Å². The van der Waals surface area contributed by atoms with Crippen LogP contribution in [0.5, 0.6) is 0 Å². The highest BCUT2D eigenvalue weighted by Crippen LogP contribution is 2.41. The summed E-state index contributed by atoms with van der Waals surface area (Å²) in [6.45, 7) is 11.2. The second kappa shape index (κ2) is 9.48. The van der Waals surface area contributed by atoms with Crippen LogP contribution in [0.2, 0.25) is 0 Å². The van der Waals surface area contributed by atoms with Crippen molar-refractivity contribution in [3.63, 3.8) is 0 Å². The molecule has 1 amide bonds. The van der Waals surface area contributed by atoms with Gasteiger partial charge in [-0.25, -0.2) is 23.1 Å². The van der Waals surface area contributed by atoms with Crippen LogP contribution in [0.4, 0.5) is 19.4 Å². The maximum absolute atomic E-state index is 13.7. The van der Waals surface area contributed by atoms with Gasteiger partial charge in [0.2, 0.25) is 5.92 Å². The van der Waals surface area contributed by atoms with E-state index in [0.29, 0.717) is 38.3 Å². The van der Waals surface area contributed by atoms with Crippen molar-refractivity contribution in [3.05, 3.63) is 17.6 Å². The lowest BCUT2D eigenvalue weighted by molar-refractivity contribution is -0.0496. The Morgan fingerprint density at radius 2 is 1.91 bits per heavy atom. The van der Waals surface area contributed by atoms with Gasteiger partial charge in [0.1, 0.15) is 11.3 Å². The number of amides is 1. The van der Waals surface area contributed by atoms with Crippen molar-refractivity contribution in [2.75, 3.05) is 31.6 Å². The van der Waals surface area contributed by atoms with Gasteiger partial charge in [-0.15, -0.1) is 0 Å². The molecule has 4 rings (SSSR count). The van der Waals surface area contributed by atoms with Gasteiger partial charge in [0, 0.05) is 38.5 Å². The number of alkyl halides is 2. The number of aromatic nitrogens is 4. The Morgan fingerprint density at radius 1 is 1.23 bits per heavy atom.